The van der Waals surface area contributed by atoms with Crippen molar-refractivity contribution in [1.29, 1.82) is 21.0 Å². The van der Waals surface area contributed by atoms with Crippen LogP contribution >= 0.6 is 0 Å². The lowest BCUT2D eigenvalue weighted by Gasteiger charge is -2.02. The predicted molar refractivity (Wildman–Crippen MR) is 74.0 cm³/mol. The Hall–Kier alpha value is -3.94. The molecule has 7 nitrogen and oxygen atoms in total. The molecule has 7 heteroatoms. The minimum atomic E-state index is -0.618. The summed E-state index contributed by atoms with van der Waals surface area (Å²) in [5.74, 6) is 0. The zero-order valence-corrected chi connectivity index (χ0v) is 11.0. The van der Waals surface area contributed by atoms with Gasteiger partial charge in [0.2, 0.25) is 0 Å². The lowest BCUT2D eigenvalue weighted by Crippen LogP contribution is -1.95. The third-order valence-corrected chi connectivity index (χ3v) is 3.27. The maximum Gasteiger partial charge on any atom is 0.277 e. The van der Waals surface area contributed by atoms with Gasteiger partial charge in [0.05, 0.1) is 10.5 Å². The molecule has 1 aromatic carbocycles. The number of nitro groups is 1. The molecule has 0 spiro atoms. The number of nitriles is 4. The quantitative estimate of drug-likeness (QED) is 0.442. The molecule has 0 N–H and O–H groups in total. The molecule has 1 aromatic rings. The molecule has 0 amide bonds. The first-order valence-corrected chi connectivity index (χ1v) is 5.93. The van der Waals surface area contributed by atoms with Crippen LogP contribution in [-0.4, -0.2) is 4.92 Å². The number of benzene rings is 1. The molecule has 0 fully saturated rings. The monoisotopic (exact) mass is 287 g/mol. The molecule has 0 radical (unpaired) electrons. The Bertz CT molecular complexity index is 895. The second kappa shape index (κ2) is 5.59. The maximum absolute atomic E-state index is 11.2. The van der Waals surface area contributed by atoms with Crippen LogP contribution in [0, 0.1) is 55.4 Å². The van der Waals surface area contributed by atoms with Crippen LogP contribution in [0.15, 0.2) is 29.3 Å². The Labute approximate surface area is 125 Å². The van der Waals surface area contributed by atoms with Gasteiger partial charge >= 0.3 is 0 Å². The number of nitrogens with zero attached hydrogens (tertiary/aromatic N) is 5. The van der Waals surface area contributed by atoms with Gasteiger partial charge in [-0.1, -0.05) is 12.1 Å². The molecule has 1 aliphatic rings. The summed E-state index contributed by atoms with van der Waals surface area (Å²) < 4.78 is 0. The molecule has 0 bridgehead atoms. The smallest absolute Gasteiger partial charge is 0.258 e. The fourth-order valence-corrected chi connectivity index (χ4v) is 2.38. The average molecular weight is 287 g/mol. The fraction of sp³-hybridized carbons (Fsp3) is 0.0667. The van der Waals surface area contributed by atoms with E-state index in [0.717, 1.165) is 0 Å². The van der Waals surface area contributed by atoms with Crippen molar-refractivity contribution in [2.75, 3.05) is 0 Å². The van der Waals surface area contributed by atoms with Gasteiger partial charge in [-0.3, -0.25) is 10.1 Å². The number of fused-ring (bicyclic) bond motifs is 1. The number of nitro benzene ring substituents is 1. The Morgan fingerprint density at radius 1 is 1.00 bits per heavy atom. The minimum Gasteiger partial charge on any atom is -0.258 e. The summed E-state index contributed by atoms with van der Waals surface area (Å²) in [4.78, 5) is 10.6. The van der Waals surface area contributed by atoms with Crippen molar-refractivity contribution in [3.8, 4) is 24.3 Å². The van der Waals surface area contributed by atoms with Gasteiger partial charge in [0.1, 0.15) is 35.4 Å². The van der Waals surface area contributed by atoms with E-state index in [-0.39, 0.29) is 34.4 Å². The highest BCUT2D eigenvalue weighted by Gasteiger charge is 2.33. The van der Waals surface area contributed by atoms with E-state index < -0.39 is 4.92 Å². The van der Waals surface area contributed by atoms with Gasteiger partial charge in [0.15, 0.2) is 0 Å². The fourth-order valence-electron chi connectivity index (χ4n) is 2.38. The Morgan fingerprint density at radius 2 is 1.55 bits per heavy atom. The third kappa shape index (κ3) is 2.06. The van der Waals surface area contributed by atoms with Crippen molar-refractivity contribution < 1.29 is 4.92 Å². The van der Waals surface area contributed by atoms with E-state index in [0.29, 0.717) is 11.1 Å². The number of hydrogen-bond donors (Lipinski definition) is 0. The summed E-state index contributed by atoms with van der Waals surface area (Å²) in [6, 6.07) is 11.1. The van der Waals surface area contributed by atoms with E-state index in [1.165, 1.54) is 18.2 Å². The summed E-state index contributed by atoms with van der Waals surface area (Å²) in [5, 5.41) is 47.3. The molecule has 1 aliphatic carbocycles. The molecule has 0 aromatic heterocycles. The second-order valence-electron chi connectivity index (χ2n) is 4.29. The molecular formula is C15H5N5O2. The highest BCUT2D eigenvalue weighted by molar-refractivity contribution is 6.00. The normalized spacial score (nSPS) is 11.5. The number of allylic oxidation sites excluding steroid dienone is 4. The van der Waals surface area contributed by atoms with E-state index >= 15 is 0 Å². The van der Waals surface area contributed by atoms with Gasteiger partial charge in [-0.2, -0.15) is 21.0 Å². The van der Waals surface area contributed by atoms with E-state index in [2.05, 4.69) is 0 Å². The molecule has 0 saturated carbocycles. The lowest BCUT2D eigenvalue weighted by atomic mass is 10.0. The van der Waals surface area contributed by atoms with E-state index in [1.807, 2.05) is 0 Å². The highest BCUT2D eigenvalue weighted by atomic mass is 16.6. The van der Waals surface area contributed by atoms with E-state index in [9.17, 15) is 10.1 Å². The lowest BCUT2D eigenvalue weighted by molar-refractivity contribution is -0.385. The summed E-state index contributed by atoms with van der Waals surface area (Å²) in [6.45, 7) is 0. The first kappa shape index (κ1) is 14.5. The summed E-state index contributed by atoms with van der Waals surface area (Å²) in [6.07, 6.45) is -0.0346. The zero-order chi connectivity index (χ0) is 16.3. The van der Waals surface area contributed by atoms with E-state index in [1.54, 1.807) is 24.3 Å². The zero-order valence-electron chi connectivity index (χ0n) is 11.0. The van der Waals surface area contributed by atoms with Crippen molar-refractivity contribution >= 4 is 16.8 Å². The van der Waals surface area contributed by atoms with Gasteiger partial charge in [0.25, 0.3) is 5.69 Å². The Morgan fingerprint density at radius 3 is 2.05 bits per heavy atom. The molecule has 22 heavy (non-hydrogen) atoms. The van der Waals surface area contributed by atoms with Crippen LogP contribution in [0.2, 0.25) is 0 Å². The van der Waals surface area contributed by atoms with Crippen molar-refractivity contribution in [2.45, 2.75) is 6.42 Å². The Balaban J connectivity index is 2.97. The first-order chi connectivity index (χ1) is 10.6. The van der Waals surface area contributed by atoms with Crippen molar-refractivity contribution in [3.05, 3.63) is 50.6 Å². The molecule has 2 rings (SSSR count). The molecule has 0 heterocycles. The third-order valence-electron chi connectivity index (χ3n) is 3.27. The second-order valence-corrected chi connectivity index (χ2v) is 4.29. The van der Waals surface area contributed by atoms with Crippen LogP contribution in [0.25, 0.3) is 11.1 Å². The predicted octanol–water partition coefficient (Wildman–Crippen LogP) is 2.60. The Kier molecular flexibility index (Phi) is 3.68. The van der Waals surface area contributed by atoms with Crippen LogP contribution in [0.5, 0.6) is 0 Å². The minimum absolute atomic E-state index is 0.0346. The molecule has 0 atom stereocenters. The van der Waals surface area contributed by atoms with Crippen LogP contribution in [0.1, 0.15) is 17.5 Å². The highest BCUT2D eigenvalue weighted by Crippen LogP contribution is 2.47. The van der Waals surface area contributed by atoms with Gasteiger partial charge < -0.3 is 0 Å². The van der Waals surface area contributed by atoms with Crippen LogP contribution in [-0.2, 0) is 0 Å². The molecule has 0 unspecified atom stereocenters. The molecular weight excluding hydrogens is 282 g/mol. The summed E-state index contributed by atoms with van der Waals surface area (Å²) in [7, 11) is 0. The number of rotatable bonds is 1. The van der Waals surface area contributed by atoms with Crippen LogP contribution < -0.4 is 0 Å². The van der Waals surface area contributed by atoms with Crippen LogP contribution in [0.4, 0.5) is 5.69 Å². The van der Waals surface area contributed by atoms with Gasteiger partial charge in [-0.05, 0) is 16.7 Å². The summed E-state index contributed by atoms with van der Waals surface area (Å²) >= 11 is 0. The van der Waals surface area contributed by atoms with Crippen molar-refractivity contribution in [3.63, 3.8) is 0 Å². The first-order valence-electron chi connectivity index (χ1n) is 5.93. The largest absolute Gasteiger partial charge is 0.277 e. The maximum atomic E-state index is 11.2. The molecule has 0 saturated heterocycles. The van der Waals surface area contributed by atoms with Crippen molar-refractivity contribution in [2.24, 2.45) is 0 Å². The van der Waals surface area contributed by atoms with Gasteiger partial charge in [-0.15, -0.1) is 0 Å². The molecule has 102 valence electrons. The number of hydrogen-bond acceptors (Lipinski definition) is 6. The van der Waals surface area contributed by atoms with Crippen molar-refractivity contribution in [1.82, 2.24) is 0 Å². The van der Waals surface area contributed by atoms with Gasteiger partial charge in [-0.25, -0.2) is 0 Å². The van der Waals surface area contributed by atoms with E-state index in [4.69, 9.17) is 21.0 Å². The summed E-state index contributed by atoms with van der Waals surface area (Å²) in [5.41, 5.74) is 0.217. The molecule has 0 aliphatic heterocycles. The standard InChI is InChI=1S/C15H5N5O2/c16-5-9(6-17)12-4-13(10(7-18)8-19)15-11(12)2-1-3-14(15)20(21)22/h1-3H,4H2. The average Bonchev–Trinajstić information content (AvgIpc) is 2.90. The topological polar surface area (TPSA) is 138 Å². The van der Waals surface area contributed by atoms with Crippen LogP contribution in [0.3, 0.4) is 0 Å². The SMILES string of the molecule is N#CC(C#N)=C1CC(=C(C#N)C#N)c2c1cccc2[N+](=O)[O-]. The van der Waals surface area contributed by atoms with Gasteiger partial charge in [0, 0.05) is 12.5 Å².